The van der Waals surface area contributed by atoms with Crippen molar-refractivity contribution in [2.24, 2.45) is 0 Å². The number of nitrogen functional groups attached to an aromatic ring is 1. The smallest absolute Gasteiger partial charge is 0.261 e. The van der Waals surface area contributed by atoms with E-state index in [0.717, 1.165) is 5.56 Å². The second-order valence-corrected chi connectivity index (χ2v) is 5.89. The molecule has 0 unspecified atom stereocenters. The first-order valence-electron chi connectivity index (χ1n) is 6.66. The van der Waals surface area contributed by atoms with Crippen molar-refractivity contribution in [3.8, 4) is 0 Å². The normalized spacial score (nSPS) is 11.0. The van der Waals surface area contributed by atoms with Crippen LogP contribution < -0.4 is 11.3 Å². The molecule has 0 spiro atoms. The van der Waals surface area contributed by atoms with Gasteiger partial charge in [-0.05, 0) is 42.8 Å². The molecule has 0 aliphatic carbocycles. The van der Waals surface area contributed by atoms with Crippen molar-refractivity contribution >= 4 is 39.8 Å². The molecule has 0 aliphatic heterocycles. The van der Waals surface area contributed by atoms with Crippen molar-refractivity contribution in [1.82, 2.24) is 9.55 Å². The molecule has 0 atom stereocenters. The lowest BCUT2D eigenvalue weighted by molar-refractivity contribution is 0.713. The number of benzene rings is 2. The van der Waals surface area contributed by atoms with Gasteiger partial charge in [0.2, 0.25) is 0 Å². The van der Waals surface area contributed by atoms with Crippen LogP contribution in [0.15, 0.2) is 41.2 Å². The Balaban J connectivity index is 2.14. The first-order chi connectivity index (χ1) is 10.5. The molecule has 0 bridgehead atoms. The number of nitrogens with two attached hydrogens (primary N) is 1. The number of hydrogen-bond donors (Lipinski definition) is 1. The van der Waals surface area contributed by atoms with Crippen molar-refractivity contribution in [2.45, 2.75) is 13.5 Å². The maximum absolute atomic E-state index is 12.7. The van der Waals surface area contributed by atoms with Crippen LogP contribution in [0.3, 0.4) is 0 Å². The highest BCUT2D eigenvalue weighted by molar-refractivity contribution is 6.42. The van der Waals surface area contributed by atoms with Crippen molar-refractivity contribution in [3.05, 3.63) is 68.2 Å². The zero-order valence-corrected chi connectivity index (χ0v) is 13.3. The molecule has 1 heterocycles. The molecule has 0 radical (unpaired) electrons. The lowest BCUT2D eigenvalue weighted by atomic mass is 10.2. The number of fused-ring (bicyclic) bond motifs is 1. The van der Waals surface area contributed by atoms with Gasteiger partial charge in [-0.25, -0.2) is 4.98 Å². The van der Waals surface area contributed by atoms with Crippen LogP contribution in [0.1, 0.15) is 11.4 Å². The molecule has 4 nitrogen and oxygen atoms in total. The third kappa shape index (κ3) is 2.67. The Morgan fingerprint density at radius 3 is 2.64 bits per heavy atom. The van der Waals surface area contributed by atoms with Crippen molar-refractivity contribution in [2.75, 3.05) is 5.73 Å². The summed E-state index contributed by atoms with van der Waals surface area (Å²) in [5, 5.41) is 1.45. The first kappa shape index (κ1) is 14.9. The molecule has 2 N–H and O–H groups in total. The largest absolute Gasteiger partial charge is 0.399 e. The number of nitrogens with zero attached hydrogens (tertiary/aromatic N) is 2. The Morgan fingerprint density at radius 1 is 1.14 bits per heavy atom. The minimum Gasteiger partial charge on any atom is -0.399 e. The van der Waals surface area contributed by atoms with E-state index in [1.165, 1.54) is 0 Å². The second kappa shape index (κ2) is 5.63. The number of aromatic nitrogens is 2. The zero-order chi connectivity index (χ0) is 15.9. The van der Waals surface area contributed by atoms with E-state index < -0.39 is 0 Å². The highest BCUT2D eigenvalue weighted by atomic mass is 35.5. The molecular weight excluding hydrogens is 321 g/mol. The maximum Gasteiger partial charge on any atom is 0.261 e. The van der Waals surface area contributed by atoms with E-state index in [4.69, 9.17) is 28.9 Å². The molecule has 6 heteroatoms. The topological polar surface area (TPSA) is 60.9 Å². The van der Waals surface area contributed by atoms with Crippen molar-refractivity contribution < 1.29 is 0 Å². The SMILES string of the molecule is Cc1nc2ccc(N)cc2c(=O)n1Cc1ccc(Cl)c(Cl)c1. The minimum atomic E-state index is -0.124. The van der Waals surface area contributed by atoms with Crippen LogP contribution in [0.5, 0.6) is 0 Å². The molecule has 0 fully saturated rings. The minimum absolute atomic E-state index is 0.124. The molecule has 0 saturated carbocycles. The van der Waals surface area contributed by atoms with Gasteiger partial charge < -0.3 is 5.73 Å². The number of rotatable bonds is 2. The van der Waals surface area contributed by atoms with Gasteiger partial charge in [0.25, 0.3) is 5.56 Å². The molecule has 2 aromatic carbocycles. The number of aryl methyl sites for hydroxylation is 1. The van der Waals surface area contributed by atoms with E-state index >= 15 is 0 Å². The molecular formula is C16H13Cl2N3O. The molecule has 112 valence electrons. The fourth-order valence-electron chi connectivity index (χ4n) is 2.36. The van der Waals surface area contributed by atoms with E-state index in [2.05, 4.69) is 4.98 Å². The summed E-state index contributed by atoms with van der Waals surface area (Å²) >= 11 is 11.9. The Hall–Kier alpha value is -2.04. The quantitative estimate of drug-likeness (QED) is 0.728. The fourth-order valence-corrected chi connectivity index (χ4v) is 2.68. The van der Waals surface area contributed by atoms with E-state index in [-0.39, 0.29) is 5.56 Å². The van der Waals surface area contributed by atoms with Gasteiger partial charge in [0, 0.05) is 5.69 Å². The fraction of sp³-hybridized carbons (Fsp3) is 0.125. The average molecular weight is 334 g/mol. The van der Waals surface area contributed by atoms with E-state index in [9.17, 15) is 4.79 Å². The van der Waals surface area contributed by atoms with Gasteiger partial charge in [0.1, 0.15) is 5.82 Å². The molecule has 1 aromatic heterocycles. The third-order valence-corrected chi connectivity index (χ3v) is 4.23. The van der Waals surface area contributed by atoms with Gasteiger partial charge in [-0.2, -0.15) is 0 Å². The zero-order valence-electron chi connectivity index (χ0n) is 11.8. The van der Waals surface area contributed by atoms with Crippen LogP contribution >= 0.6 is 23.2 Å². The highest BCUT2D eigenvalue weighted by Crippen LogP contribution is 2.23. The van der Waals surface area contributed by atoms with Crippen LogP contribution in [-0.2, 0) is 6.54 Å². The second-order valence-electron chi connectivity index (χ2n) is 5.08. The lowest BCUT2D eigenvalue weighted by Gasteiger charge is -2.11. The van der Waals surface area contributed by atoms with Crippen LogP contribution in [0.4, 0.5) is 5.69 Å². The summed E-state index contributed by atoms with van der Waals surface area (Å²) in [6.07, 6.45) is 0. The molecule has 0 amide bonds. The van der Waals surface area contributed by atoms with Gasteiger partial charge in [-0.1, -0.05) is 29.3 Å². The molecule has 3 aromatic rings. The van der Waals surface area contributed by atoms with E-state index in [1.54, 1.807) is 41.8 Å². The third-order valence-electron chi connectivity index (χ3n) is 3.49. The molecule has 0 aliphatic rings. The standard InChI is InChI=1S/C16H13Cl2N3O/c1-9-20-15-5-3-11(19)7-12(15)16(22)21(9)8-10-2-4-13(17)14(18)6-10/h2-7H,8,19H2,1H3. The van der Waals surface area contributed by atoms with Crippen molar-refractivity contribution in [1.29, 1.82) is 0 Å². The van der Waals surface area contributed by atoms with Gasteiger partial charge in [0.15, 0.2) is 0 Å². The monoisotopic (exact) mass is 333 g/mol. The Kier molecular flexibility index (Phi) is 3.81. The van der Waals surface area contributed by atoms with Crippen LogP contribution in [-0.4, -0.2) is 9.55 Å². The Morgan fingerprint density at radius 2 is 1.91 bits per heavy atom. The summed E-state index contributed by atoms with van der Waals surface area (Å²) in [5.41, 5.74) is 7.70. The lowest BCUT2D eigenvalue weighted by Crippen LogP contribution is -2.24. The number of halogens is 2. The maximum atomic E-state index is 12.7. The molecule has 22 heavy (non-hydrogen) atoms. The first-order valence-corrected chi connectivity index (χ1v) is 7.42. The summed E-state index contributed by atoms with van der Waals surface area (Å²) < 4.78 is 1.60. The van der Waals surface area contributed by atoms with Crippen LogP contribution in [0.25, 0.3) is 10.9 Å². The summed E-state index contributed by atoms with van der Waals surface area (Å²) in [7, 11) is 0. The Labute approximate surface area is 137 Å². The van der Waals surface area contributed by atoms with Crippen LogP contribution in [0.2, 0.25) is 10.0 Å². The summed E-state index contributed by atoms with van der Waals surface area (Å²) in [5.74, 6) is 0.633. The van der Waals surface area contributed by atoms with Gasteiger partial charge >= 0.3 is 0 Å². The van der Waals surface area contributed by atoms with Crippen molar-refractivity contribution in [3.63, 3.8) is 0 Å². The number of hydrogen-bond acceptors (Lipinski definition) is 3. The van der Waals surface area contributed by atoms with E-state index in [0.29, 0.717) is 39.0 Å². The summed E-state index contributed by atoms with van der Waals surface area (Å²) in [4.78, 5) is 17.1. The Bertz CT molecular complexity index is 935. The predicted molar refractivity (Wildman–Crippen MR) is 90.7 cm³/mol. The predicted octanol–water partition coefficient (Wildman–Crippen LogP) is 3.64. The van der Waals surface area contributed by atoms with Gasteiger partial charge in [-0.15, -0.1) is 0 Å². The highest BCUT2D eigenvalue weighted by Gasteiger charge is 2.10. The number of anilines is 1. The van der Waals surface area contributed by atoms with E-state index in [1.807, 2.05) is 6.07 Å². The molecule has 3 rings (SSSR count). The average Bonchev–Trinajstić information content (AvgIpc) is 2.48. The molecule has 0 saturated heterocycles. The summed E-state index contributed by atoms with van der Waals surface area (Å²) in [6, 6.07) is 10.4. The summed E-state index contributed by atoms with van der Waals surface area (Å²) in [6.45, 7) is 2.17. The van der Waals surface area contributed by atoms with Crippen LogP contribution in [0, 0.1) is 6.92 Å². The van der Waals surface area contributed by atoms with Gasteiger partial charge in [-0.3, -0.25) is 9.36 Å². The van der Waals surface area contributed by atoms with Gasteiger partial charge in [0.05, 0.1) is 27.5 Å².